The van der Waals surface area contributed by atoms with Crippen LogP contribution in [-0.4, -0.2) is 10.1 Å². The normalized spacial score (nSPS) is 15.1. The number of rotatable bonds is 3. The monoisotopic (exact) mass is 293 g/mol. The fraction of sp³-hybridized carbons (Fsp3) is 0.438. The van der Waals surface area contributed by atoms with Gasteiger partial charge in [-0.05, 0) is 24.6 Å². The van der Waals surface area contributed by atoms with Gasteiger partial charge in [-0.2, -0.15) is 0 Å². The first kappa shape index (κ1) is 15.1. The van der Waals surface area contributed by atoms with E-state index in [2.05, 4.69) is 25.8 Å². The molecule has 0 saturated heterocycles. The van der Waals surface area contributed by atoms with Gasteiger partial charge in [-0.25, -0.2) is 9.37 Å². The lowest BCUT2D eigenvalue weighted by Crippen LogP contribution is -2.24. The highest BCUT2D eigenvalue weighted by atomic mass is 32.1. The number of nitrogens with zero attached hydrogens (tertiary/aromatic N) is 1. The molecule has 1 heterocycles. The van der Waals surface area contributed by atoms with Crippen LogP contribution in [0.1, 0.15) is 44.0 Å². The van der Waals surface area contributed by atoms with Crippen LogP contribution in [0.15, 0.2) is 29.6 Å². The van der Waals surface area contributed by atoms with E-state index in [0.717, 1.165) is 10.7 Å². The predicted molar refractivity (Wildman–Crippen MR) is 80.5 cm³/mol. The molecule has 0 saturated carbocycles. The van der Waals surface area contributed by atoms with Crippen LogP contribution in [0.2, 0.25) is 0 Å². The third-order valence-corrected chi connectivity index (χ3v) is 4.13. The zero-order chi connectivity index (χ0) is 15.0. The van der Waals surface area contributed by atoms with Gasteiger partial charge in [0.05, 0.1) is 16.3 Å². The molecule has 0 amide bonds. The molecule has 0 spiro atoms. The number of hydrogen-bond donors (Lipinski definition) is 1. The van der Waals surface area contributed by atoms with Gasteiger partial charge in [-0.1, -0.05) is 32.9 Å². The second-order valence-electron chi connectivity index (χ2n) is 6.33. The second-order valence-corrected chi connectivity index (χ2v) is 7.28. The smallest absolute Gasteiger partial charge is 0.123 e. The number of thiazole rings is 1. The molecule has 1 unspecified atom stereocenters. The van der Waals surface area contributed by atoms with Crippen molar-refractivity contribution in [2.75, 3.05) is 0 Å². The van der Waals surface area contributed by atoms with Crippen molar-refractivity contribution in [2.45, 2.75) is 45.1 Å². The van der Waals surface area contributed by atoms with Crippen molar-refractivity contribution in [1.29, 1.82) is 0 Å². The predicted octanol–water partition coefficient (Wildman–Crippen LogP) is 4.03. The number of aromatic nitrogens is 1. The van der Waals surface area contributed by atoms with E-state index in [1.54, 1.807) is 30.4 Å². The first-order chi connectivity index (χ1) is 9.18. The molecule has 1 aromatic heterocycles. The second kappa shape index (κ2) is 5.26. The molecular weight excluding hydrogens is 273 g/mol. The molecule has 0 aliphatic carbocycles. The number of aliphatic hydroxyl groups is 1. The van der Waals surface area contributed by atoms with Crippen LogP contribution < -0.4 is 0 Å². The first-order valence-corrected chi connectivity index (χ1v) is 7.50. The molecule has 1 atom stereocenters. The van der Waals surface area contributed by atoms with Gasteiger partial charge in [-0.3, -0.25) is 0 Å². The molecule has 0 aliphatic rings. The van der Waals surface area contributed by atoms with Gasteiger partial charge < -0.3 is 5.11 Å². The van der Waals surface area contributed by atoms with E-state index in [1.807, 2.05) is 5.38 Å². The Hall–Kier alpha value is -1.26. The van der Waals surface area contributed by atoms with Crippen LogP contribution in [0, 0.1) is 5.82 Å². The summed E-state index contributed by atoms with van der Waals surface area (Å²) < 4.78 is 12.9. The van der Waals surface area contributed by atoms with Gasteiger partial charge in [0.2, 0.25) is 0 Å². The summed E-state index contributed by atoms with van der Waals surface area (Å²) in [5.74, 6) is -0.297. The highest BCUT2D eigenvalue weighted by Crippen LogP contribution is 2.29. The molecule has 0 fully saturated rings. The molecule has 0 bridgehead atoms. The molecule has 1 aromatic carbocycles. The molecule has 2 nitrogen and oxygen atoms in total. The minimum Gasteiger partial charge on any atom is -0.385 e. The van der Waals surface area contributed by atoms with E-state index in [0.29, 0.717) is 12.0 Å². The van der Waals surface area contributed by atoms with Crippen molar-refractivity contribution in [1.82, 2.24) is 4.98 Å². The summed E-state index contributed by atoms with van der Waals surface area (Å²) in [6.45, 7) is 8.08. The van der Waals surface area contributed by atoms with Crippen LogP contribution >= 0.6 is 11.3 Å². The molecule has 20 heavy (non-hydrogen) atoms. The number of hydrogen-bond acceptors (Lipinski definition) is 3. The Bertz CT molecular complexity index is 581. The molecule has 2 rings (SSSR count). The van der Waals surface area contributed by atoms with Gasteiger partial charge in [0.1, 0.15) is 5.82 Å². The maximum absolute atomic E-state index is 12.9. The minimum absolute atomic E-state index is 0.0104. The summed E-state index contributed by atoms with van der Waals surface area (Å²) in [7, 11) is 0. The third kappa shape index (κ3) is 3.44. The van der Waals surface area contributed by atoms with Crippen LogP contribution in [0.3, 0.4) is 0 Å². The molecule has 0 aliphatic heterocycles. The Kier molecular flexibility index (Phi) is 3.98. The Morgan fingerprint density at radius 3 is 2.25 bits per heavy atom. The lowest BCUT2D eigenvalue weighted by molar-refractivity contribution is 0.0574. The summed E-state index contributed by atoms with van der Waals surface area (Å²) in [5, 5.41) is 13.5. The highest BCUT2D eigenvalue weighted by molar-refractivity contribution is 7.09. The van der Waals surface area contributed by atoms with E-state index in [9.17, 15) is 9.50 Å². The largest absolute Gasteiger partial charge is 0.385 e. The van der Waals surface area contributed by atoms with E-state index in [1.165, 1.54) is 12.1 Å². The molecule has 1 N–H and O–H groups in total. The molecule has 4 heteroatoms. The zero-order valence-electron chi connectivity index (χ0n) is 12.3. The van der Waals surface area contributed by atoms with E-state index in [-0.39, 0.29) is 11.2 Å². The zero-order valence-corrected chi connectivity index (χ0v) is 13.1. The Morgan fingerprint density at radius 1 is 1.15 bits per heavy atom. The van der Waals surface area contributed by atoms with Crippen LogP contribution in [0.5, 0.6) is 0 Å². The minimum atomic E-state index is -1.04. The van der Waals surface area contributed by atoms with Gasteiger partial charge in [0, 0.05) is 17.2 Å². The van der Waals surface area contributed by atoms with Crippen molar-refractivity contribution in [3.8, 4) is 0 Å². The van der Waals surface area contributed by atoms with Gasteiger partial charge >= 0.3 is 0 Å². The van der Waals surface area contributed by atoms with Crippen LogP contribution in [0.4, 0.5) is 4.39 Å². The Balaban J connectivity index is 2.19. The average Bonchev–Trinajstić information content (AvgIpc) is 2.77. The average molecular weight is 293 g/mol. The standard InChI is InChI=1S/C16H20FNOS/c1-15(2,3)13-10-20-14(18-13)9-16(4,19)11-5-7-12(17)8-6-11/h5-8,10,19H,9H2,1-4H3. The fourth-order valence-electron chi connectivity index (χ4n) is 1.94. The van der Waals surface area contributed by atoms with E-state index >= 15 is 0 Å². The summed E-state index contributed by atoms with van der Waals surface area (Å²) in [6, 6.07) is 5.97. The van der Waals surface area contributed by atoms with Crippen LogP contribution in [-0.2, 0) is 17.4 Å². The molecule has 2 aromatic rings. The van der Waals surface area contributed by atoms with Crippen molar-refractivity contribution >= 4 is 11.3 Å². The van der Waals surface area contributed by atoms with Gasteiger partial charge in [-0.15, -0.1) is 11.3 Å². The third-order valence-electron chi connectivity index (χ3n) is 3.28. The van der Waals surface area contributed by atoms with E-state index in [4.69, 9.17) is 0 Å². The molecular formula is C16H20FNOS. The lowest BCUT2D eigenvalue weighted by Gasteiger charge is -2.22. The van der Waals surface area contributed by atoms with Crippen molar-refractivity contribution in [3.05, 3.63) is 51.7 Å². The molecule has 108 valence electrons. The van der Waals surface area contributed by atoms with E-state index < -0.39 is 5.60 Å². The highest BCUT2D eigenvalue weighted by Gasteiger charge is 2.26. The fourth-order valence-corrected chi connectivity index (χ4v) is 3.11. The van der Waals surface area contributed by atoms with Gasteiger partial charge in [0.25, 0.3) is 0 Å². The summed E-state index contributed by atoms with van der Waals surface area (Å²) >= 11 is 1.56. The summed E-state index contributed by atoms with van der Waals surface area (Å²) in [5.41, 5.74) is 0.704. The van der Waals surface area contributed by atoms with Crippen molar-refractivity contribution in [3.63, 3.8) is 0 Å². The van der Waals surface area contributed by atoms with Gasteiger partial charge in [0.15, 0.2) is 0 Å². The number of benzene rings is 1. The first-order valence-electron chi connectivity index (χ1n) is 6.62. The summed E-state index contributed by atoms with van der Waals surface area (Å²) in [6.07, 6.45) is 0.430. The maximum atomic E-state index is 12.9. The molecule has 0 radical (unpaired) electrons. The Morgan fingerprint density at radius 2 is 1.75 bits per heavy atom. The van der Waals surface area contributed by atoms with Crippen molar-refractivity contribution < 1.29 is 9.50 Å². The number of halogens is 1. The summed E-state index contributed by atoms with van der Waals surface area (Å²) in [4.78, 5) is 4.59. The topological polar surface area (TPSA) is 33.1 Å². The van der Waals surface area contributed by atoms with Crippen LogP contribution in [0.25, 0.3) is 0 Å². The maximum Gasteiger partial charge on any atom is 0.123 e. The Labute approximate surface area is 123 Å². The quantitative estimate of drug-likeness (QED) is 0.927. The lowest BCUT2D eigenvalue weighted by atomic mass is 9.92. The van der Waals surface area contributed by atoms with Crippen molar-refractivity contribution in [2.24, 2.45) is 0 Å². The SMILES string of the molecule is CC(C)(C)c1csc(CC(C)(O)c2ccc(F)cc2)n1.